The lowest BCUT2D eigenvalue weighted by Gasteiger charge is -2.31. The van der Waals surface area contributed by atoms with Gasteiger partial charge in [-0.3, -0.25) is 9.78 Å². The summed E-state index contributed by atoms with van der Waals surface area (Å²) >= 11 is 0. The van der Waals surface area contributed by atoms with Gasteiger partial charge in [-0.2, -0.15) is 13.2 Å². The number of nitrogens with zero attached hydrogens (tertiary/aromatic N) is 4. The summed E-state index contributed by atoms with van der Waals surface area (Å²) in [6.45, 7) is 2.77. The van der Waals surface area contributed by atoms with Gasteiger partial charge in [-0.15, -0.1) is 0 Å². The Balaban J connectivity index is 1.39. The lowest BCUT2D eigenvalue weighted by Crippen LogP contribution is -2.39. The number of piperidine rings is 1. The average Bonchev–Trinajstić information content (AvgIpc) is 2.73. The molecule has 1 N–H and O–H groups in total. The molecule has 1 aliphatic heterocycles. The second-order valence-electron chi connectivity index (χ2n) is 7.32. The Bertz CT molecular complexity index is 1080. The van der Waals surface area contributed by atoms with Crippen LogP contribution in [0.25, 0.3) is 10.8 Å². The van der Waals surface area contributed by atoms with Crippen molar-refractivity contribution in [3.63, 3.8) is 0 Å². The van der Waals surface area contributed by atoms with Gasteiger partial charge in [0.15, 0.2) is 0 Å². The lowest BCUT2D eigenvalue weighted by atomic mass is 9.96. The van der Waals surface area contributed by atoms with Crippen molar-refractivity contribution in [1.29, 1.82) is 0 Å². The third kappa shape index (κ3) is 4.19. The van der Waals surface area contributed by atoms with E-state index in [-0.39, 0.29) is 17.8 Å². The molecule has 1 fully saturated rings. The van der Waals surface area contributed by atoms with E-state index < -0.39 is 11.9 Å². The Morgan fingerprint density at radius 3 is 2.57 bits per heavy atom. The number of carbonyl (C=O) groups is 1. The third-order valence-electron chi connectivity index (χ3n) is 5.31. The molecule has 0 bridgehead atoms. The van der Waals surface area contributed by atoms with Gasteiger partial charge in [0, 0.05) is 48.2 Å². The predicted molar refractivity (Wildman–Crippen MR) is 107 cm³/mol. The highest BCUT2D eigenvalue weighted by Gasteiger charge is 2.34. The molecule has 9 heteroatoms. The molecule has 1 aromatic carbocycles. The molecule has 4 rings (SSSR count). The minimum Gasteiger partial charge on any atom is -0.341 e. The highest BCUT2D eigenvalue weighted by atomic mass is 19.4. The number of aryl methyl sites for hydroxylation is 1. The normalized spacial score (nSPS) is 15.4. The molecule has 0 radical (unpaired) electrons. The van der Waals surface area contributed by atoms with Crippen molar-refractivity contribution in [2.45, 2.75) is 25.9 Å². The molecule has 0 spiro atoms. The van der Waals surface area contributed by atoms with E-state index in [0.29, 0.717) is 31.6 Å². The molecule has 30 heavy (non-hydrogen) atoms. The molecule has 2 aromatic heterocycles. The zero-order valence-electron chi connectivity index (χ0n) is 16.3. The summed E-state index contributed by atoms with van der Waals surface area (Å²) in [6.07, 6.45) is -0.635. The predicted octanol–water partition coefficient (Wildman–Crippen LogP) is 4.21. The second-order valence-corrected chi connectivity index (χ2v) is 7.32. The minimum absolute atomic E-state index is 0.0437. The minimum atomic E-state index is -4.51. The molecule has 3 aromatic rings. The summed E-state index contributed by atoms with van der Waals surface area (Å²) in [5.41, 5.74) is 0.672. The van der Waals surface area contributed by atoms with Gasteiger partial charge in [0.05, 0.1) is 0 Å². The molecular formula is C21H20F3N5O. The van der Waals surface area contributed by atoms with Gasteiger partial charge in [-0.05, 0) is 49.4 Å². The molecule has 0 atom stereocenters. The molecule has 156 valence electrons. The Morgan fingerprint density at radius 2 is 1.83 bits per heavy atom. The SMILES string of the molecule is Cc1nccc2cc(NC(=O)C3CCN(c4nccc(C(F)(F)F)n4)CC3)ccc12. The first-order valence-corrected chi connectivity index (χ1v) is 9.63. The van der Waals surface area contributed by atoms with Crippen LogP contribution in [0.4, 0.5) is 24.8 Å². The number of hydrogen-bond donors (Lipinski definition) is 1. The largest absolute Gasteiger partial charge is 0.433 e. The molecule has 0 aliphatic carbocycles. The molecular weight excluding hydrogens is 395 g/mol. The summed E-state index contributed by atoms with van der Waals surface area (Å²) in [6, 6.07) is 8.44. The summed E-state index contributed by atoms with van der Waals surface area (Å²) in [5, 5.41) is 4.98. The van der Waals surface area contributed by atoms with Crippen LogP contribution in [0.1, 0.15) is 24.2 Å². The quantitative estimate of drug-likeness (QED) is 0.694. The van der Waals surface area contributed by atoms with Gasteiger partial charge in [-0.1, -0.05) is 6.07 Å². The van der Waals surface area contributed by atoms with Gasteiger partial charge in [0.1, 0.15) is 5.69 Å². The third-order valence-corrected chi connectivity index (χ3v) is 5.31. The van der Waals surface area contributed by atoms with Crippen LogP contribution in [0.3, 0.4) is 0 Å². The first-order chi connectivity index (χ1) is 14.3. The fourth-order valence-electron chi connectivity index (χ4n) is 3.65. The van der Waals surface area contributed by atoms with Crippen LogP contribution >= 0.6 is 0 Å². The molecule has 0 saturated carbocycles. The Morgan fingerprint density at radius 1 is 1.10 bits per heavy atom. The molecule has 1 saturated heterocycles. The van der Waals surface area contributed by atoms with E-state index in [2.05, 4.69) is 20.3 Å². The van der Waals surface area contributed by atoms with Crippen molar-refractivity contribution in [2.75, 3.05) is 23.3 Å². The van der Waals surface area contributed by atoms with E-state index in [9.17, 15) is 18.0 Å². The maximum Gasteiger partial charge on any atom is 0.433 e. The summed E-state index contributed by atoms with van der Waals surface area (Å²) in [7, 11) is 0. The van der Waals surface area contributed by atoms with Crippen LogP contribution in [0, 0.1) is 12.8 Å². The lowest BCUT2D eigenvalue weighted by molar-refractivity contribution is -0.141. The van der Waals surface area contributed by atoms with Crippen LogP contribution in [-0.2, 0) is 11.0 Å². The number of benzene rings is 1. The number of carbonyl (C=O) groups excluding carboxylic acids is 1. The van der Waals surface area contributed by atoms with Crippen molar-refractivity contribution >= 4 is 28.3 Å². The van der Waals surface area contributed by atoms with E-state index in [1.165, 1.54) is 0 Å². The van der Waals surface area contributed by atoms with E-state index >= 15 is 0 Å². The van der Waals surface area contributed by atoms with Crippen molar-refractivity contribution in [2.24, 2.45) is 5.92 Å². The molecule has 6 nitrogen and oxygen atoms in total. The number of hydrogen-bond acceptors (Lipinski definition) is 5. The van der Waals surface area contributed by atoms with Crippen molar-refractivity contribution in [3.8, 4) is 0 Å². The first-order valence-electron chi connectivity index (χ1n) is 9.63. The summed E-state index contributed by atoms with van der Waals surface area (Å²) < 4.78 is 38.6. The fourth-order valence-corrected chi connectivity index (χ4v) is 3.65. The standard InChI is InChI=1S/C21H20F3N5O/c1-13-17-3-2-16(12-15(17)4-8-25-13)27-19(30)14-6-10-29(11-7-14)20-26-9-5-18(28-20)21(22,23)24/h2-5,8-9,12,14H,6-7,10-11H2,1H3,(H,27,30). The fraction of sp³-hybridized carbons (Fsp3) is 0.333. The maximum atomic E-state index is 12.9. The smallest absolute Gasteiger partial charge is 0.341 e. The highest BCUT2D eigenvalue weighted by molar-refractivity contribution is 5.96. The highest BCUT2D eigenvalue weighted by Crippen LogP contribution is 2.29. The number of alkyl halides is 3. The van der Waals surface area contributed by atoms with Crippen molar-refractivity contribution in [1.82, 2.24) is 15.0 Å². The van der Waals surface area contributed by atoms with Gasteiger partial charge in [-0.25, -0.2) is 9.97 Å². The Kier molecular flexibility index (Phi) is 5.27. The van der Waals surface area contributed by atoms with Crippen molar-refractivity contribution < 1.29 is 18.0 Å². The number of anilines is 2. The van der Waals surface area contributed by atoms with Crippen LogP contribution in [0.2, 0.25) is 0 Å². The monoisotopic (exact) mass is 415 g/mol. The number of aromatic nitrogens is 3. The summed E-state index contributed by atoms with van der Waals surface area (Å²) in [4.78, 5) is 26.2. The van der Waals surface area contributed by atoms with Gasteiger partial charge < -0.3 is 10.2 Å². The van der Waals surface area contributed by atoms with Gasteiger partial charge in [0.2, 0.25) is 11.9 Å². The van der Waals surface area contributed by atoms with E-state index in [1.54, 1.807) is 11.1 Å². The van der Waals surface area contributed by atoms with Crippen LogP contribution in [0.5, 0.6) is 0 Å². The van der Waals surface area contributed by atoms with Crippen molar-refractivity contribution in [3.05, 3.63) is 54.1 Å². The Labute approximate surface area is 171 Å². The van der Waals surface area contributed by atoms with Crippen LogP contribution < -0.4 is 10.2 Å². The van der Waals surface area contributed by atoms with E-state index in [4.69, 9.17) is 0 Å². The molecule has 0 unspecified atom stereocenters. The number of rotatable bonds is 3. The first kappa shape index (κ1) is 20.1. The summed E-state index contributed by atoms with van der Waals surface area (Å²) in [5.74, 6) is -0.270. The van der Waals surface area contributed by atoms with Crippen LogP contribution in [-0.4, -0.2) is 33.9 Å². The molecule has 3 heterocycles. The zero-order valence-corrected chi connectivity index (χ0v) is 16.3. The van der Waals surface area contributed by atoms with Gasteiger partial charge in [0.25, 0.3) is 0 Å². The van der Waals surface area contributed by atoms with E-state index in [0.717, 1.165) is 28.7 Å². The number of pyridine rings is 1. The second kappa shape index (κ2) is 7.89. The average molecular weight is 415 g/mol. The Hall–Kier alpha value is -3.23. The zero-order chi connectivity index (χ0) is 21.3. The van der Waals surface area contributed by atoms with E-state index in [1.807, 2.05) is 31.2 Å². The maximum absolute atomic E-state index is 12.9. The number of nitrogens with one attached hydrogen (secondary N) is 1. The van der Waals surface area contributed by atoms with Crippen LogP contribution in [0.15, 0.2) is 42.7 Å². The molecule has 1 aliphatic rings. The number of fused-ring (bicyclic) bond motifs is 1. The van der Waals surface area contributed by atoms with Gasteiger partial charge >= 0.3 is 6.18 Å². The topological polar surface area (TPSA) is 71.0 Å². The number of halogens is 3. The number of amides is 1. The molecule has 1 amide bonds.